The maximum Gasteiger partial charge on any atom is 0.303 e. The van der Waals surface area contributed by atoms with E-state index in [1.165, 1.54) is 0 Å². The lowest BCUT2D eigenvalue weighted by Crippen LogP contribution is -2.50. The van der Waals surface area contributed by atoms with Gasteiger partial charge in [0.2, 0.25) is 0 Å². The van der Waals surface area contributed by atoms with Gasteiger partial charge in [-0.15, -0.1) is 0 Å². The summed E-state index contributed by atoms with van der Waals surface area (Å²) in [5.74, 6) is 0.317. The molecule has 5 nitrogen and oxygen atoms in total. The number of carbonyl (C=O) groups is 1. The Morgan fingerprint density at radius 1 is 1.42 bits per heavy atom. The molecule has 112 valence electrons. The van der Waals surface area contributed by atoms with E-state index >= 15 is 0 Å². The van der Waals surface area contributed by atoms with Crippen molar-refractivity contribution in [3.63, 3.8) is 0 Å². The Kier molecular flexibility index (Phi) is 7.34. The van der Waals surface area contributed by atoms with Gasteiger partial charge in [-0.1, -0.05) is 13.8 Å². The average Bonchev–Trinajstić information content (AvgIpc) is 2.34. The minimum atomic E-state index is -0.717. The van der Waals surface area contributed by atoms with E-state index in [0.717, 1.165) is 32.5 Å². The van der Waals surface area contributed by atoms with E-state index < -0.39 is 5.97 Å². The molecule has 1 rings (SSSR count). The SMILES string of the molecule is CC(C)CNC1CC(CCC(=O)O)CN(CCO)C1. The van der Waals surface area contributed by atoms with Crippen LogP contribution in [0.5, 0.6) is 0 Å². The van der Waals surface area contributed by atoms with E-state index in [1.54, 1.807) is 0 Å². The maximum atomic E-state index is 10.7. The summed E-state index contributed by atoms with van der Waals surface area (Å²) in [6, 6.07) is 0.418. The minimum Gasteiger partial charge on any atom is -0.481 e. The Labute approximate surface area is 116 Å². The van der Waals surface area contributed by atoms with Crippen molar-refractivity contribution < 1.29 is 15.0 Å². The molecule has 19 heavy (non-hydrogen) atoms. The first-order valence-corrected chi connectivity index (χ1v) is 7.29. The van der Waals surface area contributed by atoms with Crippen LogP contribution in [-0.4, -0.2) is 59.9 Å². The lowest BCUT2D eigenvalue weighted by atomic mass is 9.90. The summed E-state index contributed by atoms with van der Waals surface area (Å²) in [6.07, 6.45) is 2.02. The molecule has 1 fully saturated rings. The Balaban J connectivity index is 2.44. The predicted molar refractivity (Wildman–Crippen MR) is 75.1 cm³/mol. The van der Waals surface area contributed by atoms with Gasteiger partial charge in [-0.25, -0.2) is 0 Å². The van der Waals surface area contributed by atoms with Gasteiger partial charge in [0.05, 0.1) is 6.61 Å². The smallest absolute Gasteiger partial charge is 0.303 e. The summed E-state index contributed by atoms with van der Waals surface area (Å²) in [6.45, 7) is 8.08. The van der Waals surface area contributed by atoms with E-state index in [2.05, 4.69) is 24.1 Å². The standard InChI is InChI=1S/C14H28N2O3/c1-11(2)8-15-13-7-12(3-4-14(18)19)9-16(10-13)5-6-17/h11-13,15,17H,3-10H2,1-2H3,(H,18,19). The molecule has 3 N–H and O–H groups in total. The minimum absolute atomic E-state index is 0.169. The molecule has 0 amide bonds. The second kappa shape index (κ2) is 8.51. The number of nitrogens with zero attached hydrogens (tertiary/aromatic N) is 1. The molecule has 0 aromatic rings. The molecular formula is C14H28N2O3. The van der Waals surface area contributed by atoms with Crippen LogP contribution in [0.1, 0.15) is 33.1 Å². The lowest BCUT2D eigenvalue weighted by Gasteiger charge is -2.38. The maximum absolute atomic E-state index is 10.7. The van der Waals surface area contributed by atoms with E-state index in [0.29, 0.717) is 24.4 Å². The van der Waals surface area contributed by atoms with Crippen LogP contribution in [0, 0.1) is 11.8 Å². The number of β-amino-alcohol motifs (C(OH)–C–C–N with tert-alkyl or cyclic N) is 1. The number of aliphatic carboxylic acids is 1. The number of rotatable bonds is 8. The highest BCUT2D eigenvalue weighted by Gasteiger charge is 2.26. The highest BCUT2D eigenvalue weighted by atomic mass is 16.4. The second-order valence-electron chi connectivity index (χ2n) is 6.02. The molecule has 0 spiro atoms. The normalized spacial score (nSPS) is 24.8. The fraction of sp³-hybridized carbons (Fsp3) is 0.929. The van der Waals surface area contributed by atoms with Crippen LogP contribution in [0.3, 0.4) is 0 Å². The van der Waals surface area contributed by atoms with Crippen LogP contribution >= 0.6 is 0 Å². The number of carboxylic acids is 1. The molecule has 2 atom stereocenters. The fourth-order valence-corrected chi connectivity index (χ4v) is 2.71. The molecule has 0 aliphatic carbocycles. The third-order valence-electron chi connectivity index (χ3n) is 3.61. The zero-order valence-corrected chi connectivity index (χ0v) is 12.1. The number of piperidine rings is 1. The number of aliphatic hydroxyl groups is 1. The molecule has 0 bridgehead atoms. The van der Waals surface area contributed by atoms with Crippen molar-refractivity contribution in [2.24, 2.45) is 11.8 Å². The Morgan fingerprint density at radius 3 is 2.74 bits per heavy atom. The van der Waals surface area contributed by atoms with Crippen LogP contribution in [-0.2, 0) is 4.79 Å². The number of hydrogen-bond acceptors (Lipinski definition) is 4. The summed E-state index contributed by atoms with van der Waals surface area (Å²) < 4.78 is 0. The zero-order valence-electron chi connectivity index (χ0n) is 12.1. The van der Waals surface area contributed by atoms with Gasteiger partial charge in [-0.2, -0.15) is 0 Å². The van der Waals surface area contributed by atoms with Gasteiger partial charge in [0.15, 0.2) is 0 Å². The van der Waals surface area contributed by atoms with Crippen LogP contribution in [0.15, 0.2) is 0 Å². The summed E-state index contributed by atoms with van der Waals surface area (Å²) >= 11 is 0. The summed E-state index contributed by atoms with van der Waals surface area (Å²) in [4.78, 5) is 12.9. The third kappa shape index (κ3) is 6.89. The van der Waals surface area contributed by atoms with Crippen LogP contribution in [0.4, 0.5) is 0 Å². The predicted octanol–water partition coefficient (Wildman–Crippen LogP) is 0.780. The number of hydrogen-bond donors (Lipinski definition) is 3. The molecule has 0 aromatic heterocycles. The Hall–Kier alpha value is -0.650. The average molecular weight is 272 g/mol. The monoisotopic (exact) mass is 272 g/mol. The second-order valence-corrected chi connectivity index (χ2v) is 6.02. The Morgan fingerprint density at radius 2 is 2.16 bits per heavy atom. The molecule has 1 saturated heterocycles. The van der Waals surface area contributed by atoms with Crippen molar-refractivity contribution in [2.75, 3.05) is 32.8 Å². The molecule has 2 unspecified atom stereocenters. The molecule has 0 radical (unpaired) electrons. The van der Waals surface area contributed by atoms with Gasteiger partial charge in [0.1, 0.15) is 0 Å². The van der Waals surface area contributed by atoms with Crippen molar-refractivity contribution >= 4 is 5.97 Å². The summed E-state index contributed by atoms with van der Waals surface area (Å²) in [5.41, 5.74) is 0. The largest absolute Gasteiger partial charge is 0.481 e. The molecule has 1 aliphatic rings. The van der Waals surface area contributed by atoms with Gasteiger partial charge in [-0.3, -0.25) is 9.69 Å². The van der Waals surface area contributed by atoms with E-state index in [9.17, 15) is 4.79 Å². The van der Waals surface area contributed by atoms with Crippen molar-refractivity contribution in [3.8, 4) is 0 Å². The highest BCUT2D eigenvalue weighted by Crippen LogP contribution is 2.21. The van der Waals surface area contributed by atoms with Crippen molar-refractivity contribution in [2.45, 2.75) is 39.2 Å². The molecule has 0 saturated carbocycles. The van der Waals surface area contributed by atoms with Crippen molar-refractivity contribution in [3.05, 3.63) is 0 Å². The van der Waals surface area contributed by atoms with Gasteiger partial charge in [0, 0.05) is 32.1 Å². The topological polar surface area (TPSA) is 72.8 Å². The molecule has 0 aromatic carbocycles. The van der Waals surface area contributed by atoms with E-state index in [-0.39, 0.29) is 13.0 Å². The molecule has 1 aliphatic heterocycles. The summed E-state index contributed by atoms with van der Waals surface area (Å²) in [5, 5.41) is 21.4. The first kappa shape index (κ1) is 16.4. The first-order chi connectivity index (χ1) is 9.01. The van der Waals surface area contributed by atoms with Crippen molar-refractivity contribution in [1.82, 2.24) is 10.2 Å². The number of likely N-dealkylation sites (tertiary alicyclic amines) is 1. The van der Waals surface area contributed by atoms with Crippen molar-refractivity contribution in [1.29, 1.82) is 0 Å². The number of aliphatic hydroxyl groups excluding tert-OH is 1. The van der Waals surface area contributed by atoms with Crippen LogP contribution in [0.2, 0.25) is 0 Å². The van der Waals surface area contributed by atoms with E-state index in [1.807, 2.05) is 0 Å². The van der Waals surface area contributed by atoms with E-state index in [4.69, 9.17) is 10.2 Å². The third-order valence-corrected chi connectivity index (χ3v) is 3.61. The summed E-state index contributed by atoms with van der Waals surface area (Å²) in [7, 11) is 0. The van der Waals surface area contributed by atoms with Gasteiger partial charge >= 0.3 is 5.97 Å². The number of nitrogens with one attached hydrogen (secondary N) is 1. The van der Waals surface area contributed by atoms with Gasteiger partial charge < -0.3 is 15.5 Å². The molecule has 5 heteroatoms. The fourth-order valence-electron chi connectivity index (χ4n) is 2.71. The Bertz CT molecular complexity index is 271. The van der Waals surface area contributed by atoms with Crippen LogP contribution in [0.25, 0.3) is 0 Å². The lowest BCUT2D eigenvalue weighted by molar-refractivity contribution is -0.137. The number of carboxylic acid groups (broad SMARTS) is 1. The quantitative estimate of drug-likeness (QED) is 0.609. The zero-order chi connectivity index (χ0) is 14.3. The van der Waals surface area contributed by atoms with Gasteiger partial charge in [0.25, 0.3) is 0 Å². The first-order valence-electron chi connectivity index (χ1n) is 7.29. The van der Waals surface area contributed by atoms with Gasteiger partial charge in [-0.05, 0) is 31.2 Å². The van der Waals surface area contributed by atoms with Crippen LogP contribution < -0.4 is 5.32 Å². The molecule has 1 heterocycles. The highest BCUT2D eigenvalue weighted by molar-refractivity contribution is 5.66. The molecular weight excluding hydrogens is 244 g/mol.